The molecule has 2 atom stereocenters. The van der Waals surface area contributed by atoms with Gasteiger partial charge in [-0.1, -0.05) is 152 Å². The highest BCUT2D eigenvalue weighted by Gasteiger charge is 2.32. The molecule has 2 nitrogen and oxygen atoms in total. The highest BCUT2D eigenvalue weighted by Crippen LogP contribution is 2.46. The minimum Gasteiger partial charge on any atom is -0.485 e. The summed E-state index contributed by atoms with van der Waals surface area (Å²) in [6.45, 7) is 0. The van der Waals surface area contributed by atoms with E-state index in [2.05, 4.69) is 217 Å². The number of nitrogens with zero attached hydrogens (tertiary/aromatic N) is 1. The molecule has 2 unspecified atom stereocenters. The van der Waals surface area contributed by atoms with Gasteiger partial charge in [0, 0.05) is 28.4 Å². The van der Waals surface area contributed by atoms with Crippen LogP contribution in [0.15, 0.2) is 212 Å². The normalized spacial score (nSPS) is 15.4. The van der Waals surface area contributed by atoms with Gasteiger partial charge in [0.15, 0.2) is 0 Å². The van der Waals surface area contributed by atoms with Crippen LogP contribution in [0.3, 0.4) is 0 Å². The summed E-state index contributed by atoms with van der Waals surface area (Å²) >= 11 is 0. The van der Waals surface area contributed by atoms with E-state index >= 15 is 0 Å². The van der Waals surface area contributed by atoms with Gasteiger partial charge in [-0.2, -0.15) is 0 Å². The molecule has 8 aromatic carbocycles. The monoisotopic (exact) mass is 691 g/mol. The van der Waals surface area contributed by atoms with E-state index in [1.807, 2.05) is 0 Å². The van der Waals surface area contributed by atoms with E-state index in [0.717, 1.165) is 22.8 Å². The Morgan fingerprint density at radius 2 is 0.963 bits per heavy atom. The Morgan fingerprint density at radius 1 is 0.389 bits per heavy atom. The molecule has 1 aliphatic heterocycles. The first-order valence-electron chi connectivity index (χ1n) is 18.7. The van der Waals surface area contributed by atoms with Crippen molar-refractivity contribution in [1.29, 1.82) is 0 Å². The van der Waals surface area contributed by atoms with Gasteiger partial charge in [-0.05, 0) is 110 Å². The lowest BCUT2D eigenvalue weighted by atomic mass is 9.90. The van der Waals surface area contributed by atoms with Gasteiger partial charge in [0.2, 0.25) is 0 Å². The van der Waals surface area contributed by atoms with E-state index in [-0.39, 0.29) is 12.0 Å². The van der Waals surface area contributed by atoms with Crippen LogP contribution < -0.4 is 9.64 Å². The van der Waals surface area contributed by atoms with E-state index in [1.165, 1.54) is 60.8 Å². The molecule has 1 heterocycles. The molecule has 2 heteroatoms. The predicted molar refractivity (Wildman–Crippen MR) is 226 cm³/mol. The largest absolute Gasteiger partial charge is 0.485 e. The molecule has 0 saturated heterocycles. The van der Waals surface area contributed by atoms with Crippen molar-refractivity contribution in [2.24, 2.45) is 0 Å². The topological polar surface area (TPSA) is 12.5 Å². The molecule has 256 valence electrons. The number of rotatable bonds is 7. The molecule has 0 bridgehead atoms. The molecule has 0 saturated carbocycles. The van der Waals surface area contributed by atoms with Crippen LogP contribution in [0.1, 0.15) is 11.5 Å². The van der Waals surface area contributed by atoms with Gasteiger partial charge in [0.1, 0.15) is 11.9 Å². The maximum Gasteiger partial charge on any atom is 0.128 e. The average Bonchev–Trinajstić information content (AvgIpc) is 3.63. The van der Waals surface area contributed by atoms with Crippen molar-refractivity contribution in [3.8, 4) is 50.3 Å². The number of ether oxygens (including phenoxy) is 1. The SMILES string of the molecule is C1=CC2Oc3ccc(-c4ccccc4N(c4ccc(-c5ccccc5)cc4)c4ccc(-c5cccc(-c6ccc7ccccc7c6)c5)cc4)cc3C2C=C1. The maximum atomic E-state index is 6.31. The molecule has 0 amide bonds. The van der Waals surface area contributed by atoms with Gasteiger partial charge in [-0.25, -0.2) is 0 Å². The third-order valence-corrected chi connectivity index (χ3v) is 10.8. The van der Waals surface area contributed by atoms with Crippen molar-refractivity contribution < 1.29 is 4.74 Å². The van der Waals surface area contributed by atoms with Gasteiger partial charge in [-0.15, -0.1) is 0 Å². The summed E-state index contributed by atoms with van der Waals surface area (Å²) in [5.41, 5.74) is 14.1. The molecule has 10 rings (SSSR count). The highest BCUT2D eigenvalue weighted by molar-refractivity contribution is 5.90. The third kappa shape index (κ3) is 5.88. The molecule has 1 aliphatic carbocycles. The molecular weight excluding hydrogens is 655 g/mol. The first kappa shape index (κ1) is 31.8. The lowest BCUT2D eigenvalue weighted by Gasteiger charge is -2.28. The Kier molecular flexibility index (Phi) is 8.00. The van der Waals surface area contributed by atoms with Crippen LogP contribution in [0.25, 0.3) is 55.3 Å². The Balaban J connectivity index is 1.04. The molecule has 0 fully saturated rings. The third-order valence-electron chi connectivity index (χ3n) is 10.8. The van der Waals surface area contributed by atoms with Gasteiger partial charge < -0.3 is 9.64 Å². The highest BCUT2D eigenvalue weighted by atomic mass is 16.5. The van der Waals surface area contributed by atoms with Gasteiger partial charge in [-0.3, -0.25) is 0 Å². The minimum atomic E-state index is 0.0573. The van der Waals surface area contributed by atoms with Crippen molar-refractivity contribution in [3.05, 3.63) is 218 Å². The molecule has 0 radical (unpaired) electrons. The van der Waals surface area contributed by atoms with Crippen molar-refractivity contribution in [3.63, 3.8) is 0 Å². The van der Waals surface area contributed by atoms with Crippen LogP contribution >= 0.6 is 0 Å². The van der Waals surface area contributed by atoms with Crippen LogP contribution in [0.5, 0.6) is 5.75 Å². The lowest BCUT2D eigenvalue weighted by Crippen LogP contribution is -2.15. The standard InChI is InChI=1S/C52H37NO/c1-2-11-36(12-3-1)38-23-28-45(29-24-38)53(50-19-8-6-17-47(50)44-27-32-52-49(35-44)48-18-7-9-20-51(48)54-52)46-30-25-39(26-31-46)41-15-10-16-42(33-41)43-22-21-37-13-4-5-14-40(37)34-43/h1-35,48,51H. The molecule has 8 aromatic rings. The molecule has 2 aliphatic rings. The van der Waals surface area contributed by atoms with Crippen molar-refractivity contribution in [2.75, 3.05) is 4.90 Å². The van der Waals surface area contributed by atoms with Gasteiger partial charge in [0.05, 0.1) is 5.69 Å². The molecule has 0 N–H and O–H groups in total. The Hall–Kier alpha value is -6.90. The Morgan fingerprint density at radius 3 is 1.76 bits per heavy atom. The number of benzene rings is 8. The molecular formula is C52H37NO. The van der Waals surface area contributed by atoms with Crippen LogP contribution in [0.4, 0.5) is 17.1 Å². The Labute approximate surface area is 316 Å². The number of para-hydroxylation sites is 1. The second-order valence-corrected chi connectivity index (χ2v) is 14.1. The minimum absolute atomic E-state index is 0.0573. The molecule has 0 spiro atoms. The zero-order valence-corrected chi connectivity index (χ0v) is 29.7. The summed E-state index contributed by atoms with van der Waals surface area (Å²) in [7, 11) is 0. The fraction of sp³-hybridized carbons (Fsp3) is 0.0385. The van der Waals surface area contributed by atoms with E-state index in [1.54, 1.807) is 0 Å². The van der Waals surface area contributed by atoms with E-state index in [0.29, 0.717) is 0 Å². The van der Waals surface area contributed by atoms with Gasteiger partial charge >= 0.3 is 0 Å². The number of fused-ring (bicyclic) bond motifs is 4. The molecule has 54 heavy (non-hydrogen) atoms. The summed E-state index contributed by atoms with van der Waals surface area (Å²) in [5, 5.41) is 2.51. The van der Waals surface area contributed by atoms with Gasteiger partial charge in [0.25, 0.3) is 0 Å². The maximum absolute atomic E-state index is 6.31. The van der Waals surface area contributed by atoms with Crippen LogP contribution in [-0.4, -0.2) is 6.10 Å². The first-order chi connectivity index (χ1) is 26.7. The van der Waals surface area contributed by atoms with Crippen LogP contribution in [-0.2, 0) is 0 Å². The summed E-state index contributed by atoms with van der Waals surface area (Å²) < 4.78 is 6.31. The van der Waals surface area contributed by atoms with E-state index in [9.17, 15) is 0 Å². The van der Waals surface area contributed by atoms with Crippen LogP contribution in [0, 0.1) is 0 Å². The first-order valence-corrected chi connectivity index (χ1v) is 18.7. The van der Waals surface area contributed by atoms with Crippen molar-refractivity contribution in [1.82, 2.24) is 0 Å². The quantitative estimate of drug-likeness (QED) is 0.165. The fourth-order valence-corrected chi connectivity index (χ4v) is 8.03. The summed E-state index contributed by atoms with van der Waals surface area (Å²) in [4.78, 5) is 2.38. The number of hydrogen-bond donors (Lipinski definition) is 0. The number of anilines is 3. The second-order valence-electron chi connectivity index (χ2n) is 14.1. The zero-order valence-electron chi connectivity index (χ0n) is 29.7. The fourth-order valence-electron chi connectivity index (χ4n) is 8.03. The second kappa shape index (κ2) is 13.6. The summed E-state index contributed by atoms with van der Waals surface area (Å²) in [6.07, 6.45) is 8.68. The summed E-state index contributed by atoms with van der Waals surface area (Å²) in [5.74, 6) is 1.20. The summed E-state index contributed by atoms with van der Waals surface area (Å²) in [6, 6.07) is 68.0. The Bertz CT molecular complexity index is 2690. The van der Waals surface area contributed by atoms with E-state index < -0.39 is 0 Å². The smallest absolute Gasteiger partial charge is 0.128 e. The predicted octanol–water partition coefficient (Wildman–Crippen LogP) is 13.9. The lowest BCUT2D eigenvalue weighted by molar-refractivity contribution is 0.269. The van der Waals surface area contributed by atoms with Crippen LogP contribution in [0.2, 0.25) is 0 Å². The molecule has 0 aromatic heterocycles. The van der Waals surface area contributed by atoms with Crippen molar-refractivity contribution in [2.45, 2.75) is 12.0 Å². The van der Waals surface area contributed by atoms with E-state index in [4.69, 9.17) is 4.74 Å². The average molecular weight is 692 g/mol. The zero-order chi connectivity index (χ0) is 35.8. The number of allylic oxidation sites excluding steroid dienone is 2. The van der Waals surface area contributed by atoms with Crippen molar-refractivity contribution >= 4 is 27.8 Å². The number of hydrogen-bond acceptors (Lipinski definition) is 2.